The topological polar surface area (TPSA) is 46.9 Å². The Morgan fingerprint density at radius 2 is 1.76 bits per heavy atom. The summed E-state index contributed by atoms with van der Waals surface area (Å²) in [5, 5.41) is 2.84. The van der Waals surface area contributed by atoms with Gasteiger partial charge in [-0.15, -0.1) is 0 Å². The lowest BCUT2D eigenvalue weighted by Crippen LogP contribution is -2.21. The van der Waals surface area contributed by atoms with E-state index in [-0.39, 0.29) is 6.04 Å². The molecule has 25 heavy (non-hydrogen) atoms. The van der Waals surface area contributed by atoms with Crippen molar-refractivity contribution < 1.29 is 4.79 Å². The van der Waals surface area contributed by atoms with Gasteiger partial charge in [-0.2, -0.15) is 0 Å². The van der Waals surface area contributed by atoms with E-state index in [0.29, 0.717) is 0 Å². The molecule has 0 aliphatic rings. The first kappa shape index (κ1) is 17.2. The first-order valence-corrected chi connectivity index (χ1v) is 8.65. The second-order valence-corrected chi connectivity index (χ2v) is 6.79. The number of carbonyl (C=O) groups is 1. The summed E-state index contributed by atoms with van der Waals surface area (Å²) in [4.78, 5) is 15.7. The molecule has 0 radical (unpaired) electrons. The van der Waals surface area contributed by atoms with Gasteiger partial charge < -0.3 is 9.88 Å². The van der Waals surface area contributed by atoms with Crippen LogP contribution >= 0.6 is 0 Å². The Kier molecular flexibility index (Phi) is 4.62. The van der Waals surface area contributed by atoms with E-state index in [9.17, 15) is 4.79 Å². The number of hydrogen-bond acceptors (Lipinski definition) is 2. The quantitative estimate of drug-likeness (QED) is 0.713. The van der Waals surface area contributed by atoms with E-state index in [1.165, 1.54) is 27.8 Å². The number of imidazole rings is 1. The number of fused-ring (bicyclic) bond motifs is 1. The molecule has 2 aromatic carbocycles. The zero-order valence-electron chi connectivity index (χ0n) is 15.6. The molecule has 130 valence electrons. The number of aromatic nitrogens is 2. The van der Waals surface area contributed by atoms with Crippen molar-refractivity contribution in [2.45, 2.75) is 47.2 Å². The molecule has 0 saturated heterocycles. The third-order valence-electron chi connectivity index (χ3n) is 5.23. The molecule has 4 heteroatoms. The van der Waals surface area contributed by atoms with E-state index in [4.69, 9.17) is 4.98 Å². The minimum Gasteiger partial charge on any atom is -0.349 e. The zero-order valence-corrected chi connectivity index (χ0v) is 15.6. The molecule has 0 spiro atoms. The molecule has 1 aromatic heterocycles. The summed E-state index contributed by atoms with van der Waals surface area (Å²) in [6.45, 7) is 11.4. The van der Waals surface area contributed by atoms with Crippen LogP contribution in [0.2, 0.25) is 0 Å². The van der Waals surface area contributed by atoms with Crippen LogP contribution in [0.15, 0.2) is 30.3 Å². The average Bonchev–Trinajstić information content (AvgIpc) is 2.96. The van der Waals surface area contributed by atoms with Crippen LogP contribution in [0.5, 0.6) is 0 Å². The van der Waals surface area contributed by atoms with Gasteiger partial charge in [0.05, 0.1) is 17.1 Å². The molecule has 0 fully saturated rings. The van der Waals surface area contributed by atoms with Crippen LogP contribution in [0.3, 0.4) is 0 Å². The van der Waals surface area contributed by atoms with E-state index < -0.39 is 0 Å². The monoisotopic (exact) mass is 335 g/mol. The Bertz CT molecular complexity index is 914. The Morgan fingerprint density at radius 1 is 1.12 bits per heavy atom. The second kappa shape index (κ2) is 6.71. The van der Waals surface area contributed by atoms with Gasteiger partial charge in [0.15, 0.2) is 0 Å². The number of amides is 1. The number of benzene rings is 2. The number of rotatable bonds is 5. The lowest BCUT2D eigenvalue weighted by molar-refractivity contribution is -0.110. The minimum absolute atomic E-state index is 0.142. The van der Waals surface area contributed by atoms with Crippen LogP contribution in [0.1, 0.15) is 46.6 Å². The van der Waals surface area contributed by atoms with Crippen LogP contribution < -0.4 is 5.32 Å². The van der Waals surface area contributed by atoms with E-state index in [0.717, 1.165) is 29.8 Å². The highest BCUT2D eigenvalue weighted by Gasteiger charge is 2.18. The largest absolute Gasteiger partial charge is 0.349 e. The first-order valence-electron chi connectivity index (χ1n) is 8.65. The highest BCUT2D eigenvalue weighted by atomic mass is 16.1. The predicted molar refractivity (Wildman–Crippen MR) is 102 cm³/mol. The van der Waals surface area contributed by atoms with Crippen LogP contribution in [0.4, 0.5) is 0 Å². The maximum atomic E-state index is 10.9. The Morgan fingerprint density at radius 3 is 2.40 bits per heavy atom. The molecule has 0 aliphatic carbocycles. The number of nitrogens with one attached hydrogen (secondary N) is 1. The van der Waals surface area contributed by atoms with E-state index in [1.807, 2.05) is 25.1 Å². The predicted octanol–water partition coefficient (Wildman–Crippen LogP) is 4.13. The van der Waals surface area contributed by atoms with Crippen molar-refractivity contribution >= 4 is 17.4 Å². The number of para-hydroxylation sites is 2. The lowest BCUT2D eigenvalue weighted by Gasteiger charge is -2.19. The van der Waals surface area contributed by atoms with Crippen molar-refractivity contribution in [2.75, 3.05) is 0 Å². The molecule has 1 amide bonds. The molecule has 4 nitrogen and oxygen atoms in total. The zero-order chi connectivity index (χ0) is 18.1. The fraction of sp³-hybridized carbons (Fsp3) is 0.333. The average molecular weight is 335 g/mol. The third-order valence-corrected chi connectivity index (χ3v) is 5.23. The van der Waals surface area contributed by atoms with Crippen LogP contribution in [0, 0.1) is 27.7 Å². The molecule has 1 atom stereocenters. The highest BCUT2D eigenvalue weighted by Crippen LogP contribution is 2.27. The second-order valence-electron chi connectivity index (χ2n) is 6.79. The molecule has 3 rings (SSSR count). The minimum atomic E-state index is -0.142. The maximum absolute atomic E-state index is 10.9. The van der Waals surface area contributed by atoms with Gasteiger partial charge in [0.2, 0.25) is 6.41 Å². The number of nitrogens with zero attached hydrogens (tertiary/aromatic N) is 2. The lowest BCUT2D eigenvalue weighted by atomic mass is 9.94. The van der Waals surface area contributed by atoms with Gasteiger partial charge in [-0.25, -0.2) is 4.98 Å². The van der Waals surface area contributed by atoms with E-state index in [1.54, 1.807) is 0 Å². The van der Waals surface area contributed by atoms with Crippen molar-refractivity contribution in [1.82, 2.24) is 14.9 Å². The van der Waals surface area contributed by atoms with Crippen LogP contribution in [-0.2, 0) is 11.3 Å². The summed E-state index contributed by atoms with van der Waals surface area (Å²) < 4.78 is 2.23. The smallest absolute Gasteiger partial charge is 0.207 e. The van der Waals surface area contributed by atoms with Gasteiger partial charge in [0.25, 0.3) is 0 Å². The van der Waals surface area contributed by atoms with Gasteiger partial charge in [0.1, 0.15) is 5.82 Å². The van der Waals surface area contributed by atoms with Gasteiger partial charge in [-0.1, -0.05) is 18.2 Å². The number of aryl methyl sites for hydroxylation is 2. The van der Waals surface area contributed by atoms with Crippen LogP contribution in [0.25, 0.3) is 11.0 Å². The van der Waals surface area contributed by atoms with Gasteiger partial charge in [-0.05, 0) is 74.6 Å². The van der Waals surface area contributed by atoms with Crippen molar-refractivity contribution in [1.29, 1.82) is 0 Å². The number of carbonyl (C=O) groups excluding carboxylic acids is 1. The number of hydrogen-bond donors (Lipinski definition) is 1. The SMILES string of the molecule is Cc1cc(C)c(C)c(Cn2c(C(C)NC=O)nc3ccccc32)c1C. The molecule has 1 N–H and O–H groups in total. The van der Waals surface area contributed by atoms with Crippen molar-refractivity contribution in [3.63, 3.8) is 0 Å². The van der Waals surface area contributed by atoms with Crippen LogP contribution in [-0.4, -0.2) is 16.0 Å². The maximum Gasteiger partial charge on any atom is 0.207 e. The van der Waals surface area contributed by atoms with E-state index in [2.05, 4.69) is 49.7 Å². The van der Waals surface area contributed by atoms with Gasteiger partial charge >= 0.3 is 0 Å². The molecule has 0 saturated carbocycles. The molecule has 0 bridgehead atoms. The standard InChI is InChI=1S/C21H25N3O/c1-13-10-14(2)16(4)18(15(13)3)11-24-20-9-7-6-8-19(20)23-21(24)17(5)22-12-25/h6-10,12,17H,11H2,1-5H3,(H,22,25). The van der Waals surface area contributed by atoms with Gasteiger partial charge in [0, 0.05) is 6.54 Å². The molecule has 0 aliphatic heterocycles. The summed E-state index contributed by atoms with van der Waals surface area (Å²) >= 11 is 0. The summed E-state index contributed by atoms with van der Waals surface area (Å²) in [5.74, 6) is 0.881. The van der Waals surface area contributed by atoms with Crippen molar-refractivity contribution in [2.24, 2.45) is 0 Å². The Hall–Kier alpha value is -2.62. The molecule has 3 aromatic rings. The highest BCUT2D eigenvalue weighted by molar-refractivity contribution is 5.76. The molecular formula is C21H25N3O. The Labute approximate surface area is 148 Å². The fourth-order valence-electron chi connectivity index (χ4n) is 3.46. The summed E-state index contributed by atoms with van der Waals surface area (Å²) in [5.41, 5.74) is 8.64. The molecule has 1 unspecified atom stereocenters. The summed E-state index contributed by atoms with van der Waals surface area (Å²) in [6, 6.07) is 10.2. The Balaban J connectivity index is 2.19. The fourth-order valence-corrected chi connectivity index (χ4v) is 3.46. The first-order chi connectivity index (χ1) is 11.9. The third kappa shape index (κ3) is 3.04. The van der Waals surface area contributed by atoms with Crippen molar-refractivity contribution in [3.8, 4) is 0 Å². The normalized spacial score (nSPS) is 12.4. The van der Waals surface area contributed by atoms with E-state index >= 15 is 0 Å². The molecular weight excluding hydrogens is 310 g/mol. The van der Waals surface area contributed by atoms with Gasteiger partial charge in [-0.3, -0.25) is 4.79 Å². The summed E-state index contributed by atoms with van der Waals surface area (Å²) in [7, 11) is 0. The molecule has 1 heterocycles. The van der Waals surface area contributed by atoms with Crippen molar-refractivity contribution in [3.05, 3.63) is 64.0 Å². The summed E-state index contributed by atoms with van der Waals surface area (Å²) in [6.07, 6.45) is 0.738.